The van der Waals surface area contributed by atoms with Gasteiger partial charge in [0.2, 0.25) is 5.88 Å². The van der Waals surface area contributed by atoms with Gasteiger partial charge in [-0.1, -0.05) is 42.5 Å². The largest absolute Gasteiger partial charge is 0.512 e. The normalized spacial score (nSPS) is 11.0. The number of para-hydroxylation sites is 2. The van der Waals surface area contributed by atoms with Crippen molar-refractivity contribution in [2.45, 2.75) is 6.54 Å². The Balaban J connectivity index is 1.63. The third-order valence-electron chi connectivity index (χ3n) is 6.71. The highest BCUT2D eigenvalue weighted by Crippen LogP contribution is 2.46. The lowest BCUT2D eigenvalue weighted by atomic mass is 10.0. The Morgan fingerprint density at radius 3 is 2.44 bits per heavy atom. The minimum absolute atomic E-state index is 0.107. The fourth-order valence-electron chi connectivity index (χ4n) is 5.00. The third-order valence-corrected chi connectivity index (χ3v) is 7.27. The number of ether oxygens (including phenoxy) is 2. The van der Waals surface area contributed by atoms with Gasteiger partial charge in [-0.2, -0.15) is 8.75 Å². The highest BCUT2D eigenvalue weighted by Gasteiger charge is 2.26. The number of anilines is 2. The highest BCUT2D eigenvalue weighted by molar-refractivity contribution is 7.00. The Hall–Kier alpha value is -5.42. The molecule has 4 aromatic carbocycles. The van der Waals surface area contributed by atoms with E-state index in [2.05, 4.69) is 8.75 Å². The molecule has 0 saturated carbocycles. The average Bonchev–Trinajstić information content (AvgIpc) is 3.55. The molecule has 2 amide bonds. The molecule has 41 heavy (non-hydrogen) atoms. The van der Waals surface area contributed by atoms with Crippen LogP contribution in [0, 0.1) is 0 Å². The van der Waals surface area contributed by atoms with Crippen LogP contribution < -0.4 is 20.1 Å². The molecule has 2 aromatic heterocycles. The fourth-order valence-corrected chi connectivity index (χ4v) is 5.52. The van der Waals surface area contributed by atoms with Crippen LogP contribution in [-0.2, 0) is 6.54 Å². The number of carbonyl (C=O) groups is 2. The molecular formula is C30H23N5O5S. The molecule has 0 aliphatic heterocycles. The lowest BCUT2D eigenvalue weighted by molar-refractivity contribution is 0.141. The van der Waals surface area contributed by atoms with Gasteiger partial charge in [0, 0.05) is 10.9 Å². The van der Waals surface area contributed by atoms with Crippen LogP contribution in [0.2, 0.25) is 0 Å². The molecule has 0 atom stereocenters. The van der Waals surface area contributed by atoms with Gasteiger partial charge in [0.1, 0.15) is 16.8 Å². The van der Waals surface area contributed by atoms with Crippen molar-refractivity contribution >= 4 is 57.2 Å². The van der Waals surface area contributed by atoms with Crippen LogP contribution >= 0.6 is 11.7 Å². The number of methoxy groups -OCH3 is 1. The molecule has 0 radical (unpaired) electrons. The maximum Gasteiger partial charge on any atom is 0.512 e. The van der Waals surface area contributed by atoms with Gasteiger partial charge in [-0.15, -0.1) is 0 Å². The molecule has 2 heterocycles. The number of rotatable bonds is 7. The highest BCUT2D eigenvalue weighted by atomic mass is 32.1. The second-order valence-corrected chi connectivity index (χ2v) is 9.66. The number of carboxylic acid groups (broad SMARTS) is 1. The van der Waals surface area contributed by atoms with Crippen LogP contribution in [0.1, 0.15) is 5.56 Å². The number of hydrogen-bond donors (Lipinski definition) is 2. The predicted molar refractivity (Wildman–Crippen MR) is 157 cm³/mol. The fraction of sp³-hybridized carbons (Fsp3) is 0.0667. The summed E-state index contributed by atoms with van der Waals surface area (Å²) in [6.07, 6.45) is -1.47. The second kappa shape index (κ2) is 10.6. The lowest BCUT2D eigenvalue weighted by Gasteiger charge is -2.21. The molecule has 0 bridgehead atoms. The molecule has 10 nitrogen and oxygen atoms in total. The first-order valence-corrected chi connectivity index (χ1v) is 13.2. The van der Waals surface area contributed by atoms with E-state index >= 15 is 0 Å². The topological polar surface area (TPSA) is 133 Å². The summed E-state index contributed by atoms with van der Waals surface area (Å²) in [5.41, 5.74) is 11.1. The van der Waals surface area contributed by atoms with E-state index in [0.717, 1.165) is 28.3 Å². The maximum atomic E-state index is 12.6. The summed E-state index contributed by atoms with van der Waals surface area (Å²) in [5, 5.41) is 10.4. The lowest BCUT2D eigenvalue weighted by Crippen LogP contribution is -2.31. The first kappa shape index (κ1) is 25.8. The molecular weight excluding hydrogens is 542 g/mol. The predicted octanol–water partition coefficient (Wildman–Crippen LogP) is 6.64. The van der Waals surface area contributed by atoms with Gasteiger partial charge in [-0.25, -0.2) is 9.59 Å². The molecule has 204 valence electrons. The monoisotopic (exact) mass is 565 g/mol. The van der Waals surface area contributed by atoms with Crippen LogP contribution in [0.5, 0.6) is 11.6 Å². The van der Waals surface area contributed by atoms with Crippen molar-refractivity contribution < 1.29 is 24.2 Å². The van der Waals surface area contributed by atoms with Crippen LogP contribution in [0.15, 0.2) is 91.0 Å². The van der Waals surface area contributed by atoms with E-state index < -0.39 is 12.2 Å². The molecule has 0 aliphatic rings. The Labute approximate surface area is 238 Å². The summed E-state index contributed by atoms with van der Waals surface area (Å²) in [5.74, 6) is 0.632. The summed E-state index contributed by atoms with van der Waals surface area (Å²) in [7, 11) is 1.54. The number of carbonyl (C=O) groups excluding carboxylic acids is 1. The standard InChI is InChI=1S/C30H23N5O5S/c1-39-26-10-6-5-9-21(26)27-22-16-20(35(29(31)36)19-7-3-2-4-8-19)12-14-25(22)34(28(27)40-30(37)38)17-18-11-13-23-24(15-18)33-41-32-23/h2-16H,17H2,1H3,(H2,31,36)(H,37,38). The minimum Gasteiger partial charge on any atom is -0.496 e. The van der Waals surface area contributed by atoms with E-state index in [1.165, 1.54) is 4.90 Å². The Morgan fingerprint density at radius 2 is 1.68 bits per heavy atom. The van der Waals surface area contributed by atoms with E-state index in [9.17, 15) is 14.7 Å². The van der Waals surface area contributed by atoms with Gasteiger partial charge < -0.3 is 24.9 Å². The van der Waals surface area contributed by atoms with Gasteiger partial charge >= 0.3 is 12.2 Å². The minimum atomic E-state index is -1.47. The van der Waals surface area contributed by atoms with Crippen LogP contribution in [0.4, 0.5) is 21.0 Å². The van der Waals surface area contributed by atoms with E-state index in [1.807, 2.05) is 60.7 Å². The smallest absolute Gasteiger partial charge is 0.496 e. The van der Waals surface area contributed by atoms with E-state index in [-0.39, 0.29) is 12.4 Å². The second-order valence-electron chi connectivity index (χ2n) is 9.13. The zero-order chi connectivity index (χ0) is 28.5. The number of primary amides is 1. The van der Waals surface area contributed by atoms with E-state index in [0.29, 0.717) is 39.2 Å². The van der Waals surface area contributed by atoms with Crippen molar-refractivity contribution in [2.24, 2.45) is 5.73 Å². The van der Waals surface area contributed by atoms with Crippen LogP contribution in [0.3, 0.4) is 0 Å². The molecule has 0 spiro atoms. The SMILES string of the molecule is COc1ccccc1-c1c(OC(=O)O)n(Cc2ccc3nsnc3c2)c2ccc(N(C(N)=O)c3ccccc3)cc12. The third kappa shape index (κ3) is 4.79. The van der Waals surface area contributed by atoms with Gasteiger partial charge in [0.25, 0.3) is 0 Å². The van der Waals surface area contributed by atoms with Crippen molar-refractivity contribution in [3.63, 3.8) is 0 Å². The van der Waals surface area contributed by atoms with E-state index in [1.54, 1.807) is 42.0 Å². The first-order chi connectivity index (χ1) is 19.9. The van der Waals surface area contributed by atoms with Gasteiger partial charge in [-0.05, 0) is 54.1 Å². The summed E-state index contributed by atoms with van der Waals surface area (Å²) in [6.45, 7) is 0.277. The molecule has 6 aromatic rings. The summed E-state index contributed by atoms with van der Waals surface area (Å²) >= 11 is 1.13. The zero-order valence-electron chi connectivity index (χ0n) is 21.7. The number of benzene rings is 4. The van der Waals surface area contributed by atoms with Crippen molar-refractivity contribution in [1.29, 1.82) is 0 Å². The molecule has 11 heteroatoms. The number of aromatic nitrogens is 3. The molecule has 0 aliphatic carbocycles. The van der Waals surface area contributed by atoms with Gasteiger partial charge in [0.15, 0.2) is 0 Å². The number of hydrogen-bond acceptors (Lipinski definition) is 7. The van der Waals surface area contributed by atoms with Crippen LogP contribution in [-0.4, -0.2) is 37.7 Å². The summed E-state index contributed by atoms with van der Waals surface area (Å²) < 4.78 is 21.5. The number of nitrogens with zero attached hydrogens (tertiary/aromatic N) is 4. The summed E-state index contributed by atoms with van der Waals surface area (Å²) in [4.78, 5) is 26.1. The first-order valence-electron chi connectivity index (χ1n) is 12.5. The number of nitrogens with two attached hydrogens (primary N) is 1. The van der Waals surface area contributed by atoms with Crippen molar-refractivity contribution in [3.05, 3.63) is 96.6 Å². The van der Waals surface area contributed by atoms with Crippen molar-refractivity contribution in [3.8, 4) is 22.8 Å². The van der Waals surface area contributed by atoms with Crippen LogP contribution in [0.25, 0.3) is 33.1 Å². The maximum absolute atomic E-state index is 12.6. The molecule has 0 saturated heterocycles. The van der Waals surface area contributed by atoms with Gasteiger partial charge in [0.05, 0.1) is 47.8 Å². The number of amides is 2. The zero-order valence-corrected chi connectivity index (χ0v) is 22.5. The Bertz CT molecular complexity index is 1920. The molecule has 0 unspecified atom stereocenters. The number of fused-ring (bicyclic) bond motifs is 2. The Morgan fingerprint density at radius 1 is 0.927 bits per heavy atom. The Kier molecular flexibility index (Phi) is 6.70. The average molecular weight is 566 g/mol. The van der Waals surface area contributed by atoms with Gasteiger partial charge in [-0.3, -0.25) is 4.90 Å². The van der Waals surface area contributed by atoms with E-state index in [4.69, 9.17) is 15.2 Å². The molecule has 0 fully saturated rings. The molecule has 6 rings (SSSR count). The molecule has 3 N–H and O–H groups in total. The summed E-state index contributed by atoms with van der Waals surface area (Å²) in [6, 6.07) is 26.7. The van der Waals surface area contributed by atoms with Crippen molar-refractivity contribution in [1.82, 2.24) is 13.3 Å². The quantitative estimate of drug-likeness (QED) is 0.207. The number of urea groups is 1. The van der Waals surface area contributed by atoms with Crippen molar-refractivity contribution in [2.75, 3.05) is 12.0 Å².